The summed E-state index contributed by atoms with van der Waals surface area (Å²) in [5.74, 6) is 0. The zero-order valence-electron chi connectivity index (χ0n) is 12.4. The summed E-state index contributed by atoms with van der Waals surface area (Å²) >= 11 is 0. The first-order chi connectivity index (χ1) is 8.61. The number of hydrogen-bond acceptors (Lipinski definition) is 2. The van der Waals surface area contributed by atoms with Crippen molar-refractivity contribution in [2.45, 2.75) is 56.8 Å². The molecule has 1 rings (SSSR count). The Labute approximate surface area is 117 Å². The Bertz CT molecular complexity index is 544. The van der Waals surface area contributed by atoms with Gasteiger partial charge < -0.3 is 0 Å². The number of aryl methyl sites for hydroxylation is 1. The highest BCUT2D eigenvalue weighted by atomic mass is 32.2. The first-order valence-electron chi connectivity index (χ1n) is 6.71. The topological polar surface area (TPSA) is 54.4 Å². The normalized spacial score (nSPS) is 14.4. The quantitative estimate of drug-likeness (QED) is 0.663. The Morgan fingerprint density at radius 1 is 1.21 bits per heavy atom. The summed E-state index contributed by atoms with van der Waals surface area (Å²) in [5.41, 5.74) is 2.69. The lowest BCUT2D eigenvalue weighted by Gasteiger charge is -2.30. The molecule has 0 amide bonds. The van der Waals surface area contributed by atoms with Gasteiger partial charge in [-0.05, 0) is 35.2 Å². The lowest BCUT2D eigenvalue weighted by atomic mass is 10.0. The summed E-state index contributed by atoms with van der Waals surface area (Å²) in [6, 6.07) is 5.00. The van der Waals surface area contributed by atoms with Gasteiger partial charge in [-0.2, -0.15) is 8.42 Å². The van der Waals surface area contributed by atoms with Gasteiger partial charge in [0.2, 0.25) is 0 Å². The van der Waals surface area contributed by atoms with Gasteiger partial charge in [0.1, 0.15) is 0 Å². The molecule has 1 atom stereocenters. The molecule has 108 valence electrons. The molecule has 0 aliphatic rings. The van der Waals surface area contributed by atoms with E-state index in [2.05, 4.69) is 33.5 Å². The summed E-state index contributed by atoms with van der Waals surface area (Å²) in [5, 5.41) is 0. The zero-order chi connectivity index (χ0) is 14.8. The molecule has 1 N–H and O–H groups in total. The van der Waals surface area contributed by atoms with Gasteiger partial charge in [-0.3, -0.25) is 4.55 Å². The number of hydrogen-bond donors (Lipinski definition) is 1. The van der Waals surface area contributed by atoms with Crippen LogP contribution in [0.3, 0.4) is 0 Å². The summed E-state index contributed by atoms with van der Waals surface area (Å²) < 4.78 is 31.8. The van der Waals surface area contributed by atoms with Gasteiger partial charge in [0.15, 0.2) is 0 Å². The lowest BCUT2D eigenvalue weighted by Crippen LogP contribution is -2.31. The van der Waals surface area contributed by atoms with Crippen molar-refractivity contribution in [2.24, 2.45) is 0 Å². The third-order valence-electron chi connectivity index (χ3n) is 3.63. The van der Waals surface area contributed by atoms with Crippen LogP contribution in [0.4, 0.5) is 0 Å². The van der Waals surface area contributed by atoms with Crippen molar-refractivity contribution >= 4 is 18.2 Å². The molecular weight excluding hydrogens is 276 g/mol. The maximum atomic E-state index is 11.3. The van der Waals surface area contributed by atoms with Crippen molar-refractivity contribution in [3.63, 3.8) is 0 Å². The molecule has 5 heteroatoms. The smallest absolute Gasteiger partial charge is 0.282 e. The van der Waals surface area contributed by atoms with Crippen LogP contribution < -0.4 is 0 Å². The maximum Gasteiger partial charge on any atom is 0.294 e. The second kappa shape index (κ2) is 5.77. The van der Waals surface area contributed by atoms with Crippen LogP contribution in [0.2, 0.25) is 19.6 Å². The van der Waals surface area contributed by atoms with Crippen molar-refractivity contribution in [1.82, 2.24) is 0 Å². The monoisotopic (exact) mass is 300 g/mol. The largest absolute Gasteiger partial charge is 0.294 e. The van der Waals surface area contributed by atoms with Crippen molar-refractivity contribution in [3.05, 3.63) is 29.3 Å². The molecule has 19 heavy (non-hydrogen) atoms. The summed E-state index contributed by atoms with van der Waals surface area (Å²) in [4.78, 5) is 0.0106. The second-order valence-corrected chi connectivity index (χ2v) is 12.9. The Balaban J connectivity index is 3.46. The Morgan fingerprint density at radius 3 is 2.16 bits per heavy atom. The van der Waals surface area contributed by atoms with E-state index < -0.39 is 18.2 Å². The van der Waals surface area contributed by atoms with Gasteiger partial charge in [0.05, 0.1) is 13.0 Å². The van der Waals surface area contributed by atoms with Crippen molar-refractivity contribution < 1.29 is 13.0 Å². The molecular formula is C14H24O3SSi. The summed E-state index contributed by atoms with van der Waals surface area (Å²) in [6.45, 7) is 11.1. The minimum atomic E-state index is -4.12. The maximum absolute atomic E-state index is 11.3. The van der Waals surface area contributed by atoms with E-state index >= 15 is 0 Å². The minimum absolute atomic E-state index is 0.0106. The predicted molar refractivity (Wildman–Crippen MR) is 82.0 cm³/mol. The molecule has 1 unspecified atom stereocenters. The van der Waals surface area contributed by atoms with Crippen LogP contribution in [0.25, 0.3) is 0 Å². The van der Waals surface area contributed by atoms with Crippen molar-refractivity contribution in [3.8, 4) is 0 Å². The molecule has 0 aromatic heterocycles. The summed E-state index contributed by atoms with van der Waals surface area (Å²) in [6.07, 6.45) is 1.87. The molecule has 0 aliphatic heterocycles. The molecule has 0 radical (unpaired) electrons. The standard InChI is InChI=1S/C14H24O3SSi/c1-6-11-8-9-12(18(15,16)17)10-13(11)14(7-2)19(3,4)5/h8-10,14H,6-7H2,1-5H3,(H,15,16,17). The minimum Gasteiger partial charge on any atom is -0.282 e. The van der Waals surface area contributed by atoms with Crippen LogP contribution >= 0.6 is 0 Å². The van der Waals surface area contributed by atoms with E-state index in [9.17, 15) is 13.0 Å². The fourth-order valence-electron chi connectivity index (χ4n) is 2.68. The average Bonchev–Trinajstić information content (AvgIpc) is 2.26. The molecule has 1 aromatic carbocycles. The van der Waals surface area contributed by atoms with E-state index in [1.165, 1.54) is 11.6 Å². The molecule has 0 heterocycles. The van der Waals surface area contributed by atoms with E-state index in [4.69, 9.17) is 0 Å². The molecule has 0 saturated heterocycles. The van der Waals surface area contributed by atoms with E-state index in [1.54, 1.807) is 6.07 Å². The first-order valence-corrected chi connectivity index (χ1v) is 11.7. The van der Waals surface area contributed by atoms with E-state index in [0.29, 0.717) is 5.54 Å². The van der Waals surface area contributed by atoms with Crippen molar-refractivity contribution in [1.29, 1.82) is 0 Å². The molecule has 0 bridgehead atoms. The summed E-state index contributed by atoms with van der Waals surface area (Å²) in [7, 11) is -5.56. The van der Waals surface area contributed by atoms with E-state index in [1.807, 2.05) is 6.07 Å². The highest BCUT2D eigenvalue weighted by Crippen LogP contribution is 2.33. The fourth-order valence-corrected chi connectivity index (χ4v) is 5.62. The van der Waals surface area contributed by atoms with E-state index in [0.717, 1.165) is 18.4 Å². The SMILES string of the molecule is CCc1ccc(S(=O)(=O)O)cc1C(CC)[Si](C)(C)C. The average molecular weight is 300 g/mol. The molecule has 0 fully saturated rings. The second-order valence-electron chi connectivity index (χ2n) is 6.02. The van der Waals surface area contributed by atoms with Gasteiger partial charge in [-0.1, -0.05) is 46.0 Å². The highest BCUT2D eigenvalue weighted by Gasteiger charge is 2.29. The molecule has 3 nitrogen and oxygen atoms in total. The molecule has 0 aliphatic carbocycles. The van der Waals surface area contributed by atoms with Crippen LogP contribution in [0.5, 0.6) is 0 Å². The number of benzene rings is 1. The Hall–Kier alpha value is -0.653. The van der Waals surface area contributed by atoms with Gasteiger partial charge >= 0.3 is 0 Å². The zero-order valence-corrected chi connectivity index (χ0v) is 14.2. The first kappa shape index (κ1) is 16.4. The van der Waals surface area contributed by atoms with Crippen LogP contribution in [0.1, 0.15) is 36.9 Å². The molecule has 0 spiro atoms. The van der Waals surface area contributed by atoms with Gasteiger partial charge in [0, 0.05) is 0 Å². The van der Waals surface area contributed by atoms with E-state index in [-0.39, 0.29) is 4.90 Å². The third kappa shape index (κ3) is 3.90. The fraction of sp³-hybridized carbons (Fsp3) is 0.571. The predicted octanol–water partition coefficient (Wildman–Crippen LogP) is 3.87. The van der Waals surface area contributed by atoms with Gasteiger partial charge in [-0.15, -0.1) is 0 Å². The van der Waals surface area contributed by atoms with Crippen LogP contribution in [-0.4, -0.2) is 21.0 Å². The molecule has 0 saturated carbocycles. The van der Waals surface area contributed by atoms with Crippen LogP contribution in [0, 0.1) is 0 Å². The highest BCUT2D eigenvalue weighted by molar-refractivity contribution is 7.85. The van der Waals surface area contributed by atoms with Gasteiger partial charge in [-0.25, -0.2) is 0 Å². The van der Waals surface area contributed by atoms with Crippen LogP contribution in [-0.2, 0) is 16.5 Å². The van der Waals surface area contributed by atoms with Gasteiger partial charge in [0.25, 0.3) is 10.1 Å². The Kier molecular flexibility index (Phi) is 4.98. The lowest BCUT2D eigenvalue weighted by molar-refractivity contribution is 0.483. The number of rotatable bonds is 5. The Morgan fingerprint density at radius 2 is 1.79 bits per heavy atom. The van der Waals surface area contributed by atoms with Crippen LogP contribution in [0.15, 0.2) is 23.1 Å². The van der Waals surface area contributed by atoms with Crippen molar-refractivity contribution in [2.75, 3.05) is 0 Å². The molecule has 1 aromatic rings. The third-order valence-corrected chi connectivity index (χ3v) is 7.28.